The molecule has 3 unspecified atom stereocenters. The molecule has 0 aromatic carbocycles. The van der Waals surface area contributed by atoms with Gasteiger partial charge in [-0.1, -0.05) is 247 Å². The molecule has 0 radical (unpaired) electrons. The van der Waals surface area contributed by atoms with Crippen LogP contribution in [-0.2, 0) is 65.4 Å². The van der Waals surface area contributed by atoms with Crippen LogP contribution < -0.4 is 0 Å². The molecule has 0 fully saturated rings. The first kappa shape index (κ1) is 78.1. The summed E-state index contributed by atoms with van der Waals surface area (Å²) in [5, 5.41) is 10.5. The van der Waals surface area contributed by atoms with Gasteiger partial charge in [0.05, 0.1) is 26.4 Å². The monoisotopic (exact) mass is 1180 g/mol. The van der Waals surface area contributed by atoms with Crippen LogP contribution in [0.2, 0.25) is 0 Å². The molecule has 0 heterocycles. The predicted octanol–water partition coefficient (Wildman–Crippen LogP) is 16.5. The number of aliphatic hydroxyl groups is 1. The first-order valence-electron chi connectivity index (χ1n) is 32.0. The molecule has 0 bridgehead atoms. The van der Waals surface area contributed by atoms with Gasteiger partial charge in [-0.2, -0.15) is 0 Å². The van der Waals surface area contributed by atoms with E-state index in [0.29, 0.717) is 31.6 Å². The van der Waals surface area contributed by atoms with Crippen molar-refractivity contribution < 1.29 is 80.2 Å². The summed E-state index contributed by atoms with van der Waals surface area (Å²) < 4.78 is 67.7. The highest BCUT2D eigenvalue weighted by Gasteiger charge is 2.30. The van der Waals surface area contributed by atoms with E-state index in [2.05, 4.69) is 41.5 Å². The second kappa shape index (κ2) is 53.8. The lowest BCUT2D eigenvalue weighted by molar-refractivity contribution is -0.161. The van der Waals surface area contributed by atoms with E-state index >= 15 is 0 Å². The highest BCUT2D eigenvalue weighted by Crippen LogP contribution is 2.45. The summed E-state index contributed by atoms with van der Waals surface area (Å²) in [7, 11) is -9.87. The van der Waals surface area contributed by atoms with E-state index in [-0.39, 0.29) is 25.7 Å². The minimum atomic E-state index is -4.94. The van der Waals surface area contributed by atoms with Crippen LogP contribution in [0.5, 0.6) is 0 Å². The molecular weight excluding hydrogens is 1070 g/mol. The Bertz CT molecular complexity index is 1580. The zero-order chi connectivity index (χ0) is 59.4. The first-order valence-corrected chi connectivity index (χ1v) is 35.0. The number of phosphoric ester groups is 2. The van der Waals surface area contributed by atoms with Gasteiger partial charge in [0, 0.05) is 25.7 Å². The van der Waals surface area contributed by atoms with Gasteiger partial charge in [0.2, 0.25) is 0 Å². The van der Waals surface area contributed by atoms with E-state index in [1.807, 2.05) is 0 Å². The lowest BCUT2D eigenvalue weighted by Gasteiger charge is -2.21. The molecule has 0 saturated carbocycles. The Balaban J connectivity index is 5.19. The molecule has 0 rings (SSSR count). The zero-order valence-corrected chi connectivity index (χ0v) is 53.2. The van der Waals surface area contributed by atoms with Crippen molar-refractivity contribution in [2.24, 2.45) is 11.8 Å². The summed E-state index contributed by atoms with van der Waals surface area (Å²) >= 11 is 0. The molecule has 6 atom stereocenters. The molecule has 80 heavy (non-hydrogen) atoms. The topological polar surface area (TPSA) is 237 Å². The summed E-state index contributed by atoms with van der Waals surface area (Å²) in [5.74, 6) is -0.704. The molecule has 0 aliphatic rings. The maximum atomic E-state index is 12.9. The van der Waals surface area contributed by atoms with Crippen LogP contribution in [0.1, 0.15) is 298 Å². The van der Waals surface area contributed by atoms with Crippen LogP contribution in [0.3, 0.4) is 0 Å². The molecule has 0 saturated heterocycles. The lowest BCUT2D eigenvalue weighted by atomic mass is 9.99. The largest absolute Gasteiger partial charge is 0.472 e. The molecule has 19 heteroatoms. The highest BCUT2D eigenvalue weighted by atomic mass is 31.2. The minimum absolute atomic E-state index is 0.101. The number of esters is 4. The number of rotatable bonds is 60. The van der Waals surface area contributed by atoms with E-state index in [9.17, 15) is 43.2 Å². The molecule has 0 aliphatic heterocycles. The summed E-state index contributed by atoms with van der Waals surface area (Å²) in [6, 6.07) is 0. The Morgan fingerprint density at radius 3 is 0.950 bits per heavy atom. The molecular formula is C61H118O17P2. The van der Waals surface area contributed by atoms with Crippen molar-refractivity contribution in [3.05, 3.63) is 0 Å². The Morgan fingerprint density at radius 2 is 0.637 bits per heavy atom. The van der Waals surface area contributed by atoms with E-state index in [0.717, 1.165) is 102 Å². The Hall–Kier alpha value is -1.94. The zero-order valence-electron chi connectivity index (χ0n) is 51.4. The molecule has 0 aromatic heterocycles. The molecule has 474 valence electrons. The second-order valence-corrected chi connectivity index (χ2v) is 25.7. The van der Waals surface area contributed by atoms with E-state index in [4.69, 9.17) is 37.0 Å². The SMILES string of the molecule is CCCCCCCCCCCCCCCCC(=O)O[C@H](COC(=O)CCCCCCCCCCC(C)CC)COP(=O)(O)OC[C@@H](O)COP(=O)(O)OC[C@@H](COC(=O)CCCCCCC)OC(=O)CCCCCCCCC(C)C. The maximum absolute atomic E-state index is 12.9. The van der Waals surface area contributed by atoms with Gasteiger partial charge >= 0.3 is 39.5 Å². The molecule has 0 aromatic rings. The quantitative estimate of drug-likeness (QED) is 0.0222. The molecule has 0 spiro atoms. The van der Waals surface area contributed by atoms with Gasteiger partial charge in [0.15, 0.2) is 12.2 Å². The Labute approximate surface area is 486 Å². The van der Waals surface area contributed by atoms with Crippen LogP contribution in [-0.4, -0.2) is 96.7 Å². The van der Waals surface area contributed by atoms with Crippen molar-refractivity contribution in [1.29, 1.82) is 0 Å². The lowest BCUT2D eigenvalue weighted by Crippen LogP contribution is -2.30. The average molecular weight is 1190 g/mol. The number of hydrogen-bond acceptors (Lipinski definition) is 15. The first-order chi connectivity index (χ1) is 38.4. The fourth-order valence-corrected chi connectivity index (χ4v) is 10.5. The van der Waals surface area contributed by atoms with Gasteiger partial charge in [0.1, 0.15) is 19.3 Å². The van der Waals surface area contributed by atoms with Crippen molar-refractivity contribution >= 4 is 39.5 Å². The average Bonchev–Trinajstić information content (AvgIpc) is 3.42. The number of aliphatic hydroxyl groups excluding tert-OH is 1. The number of hydrogen-bond donors (Lipinski definition) is 3. The number of unbranched alkanes of at least 4 members (excludes halogenated alkanes) is 29. The third-order valence-corrected chi connectivity index (χ3v) is 16.2. The number of carbonyl (C=O) groups excluding carboxylic acids is 4. The maximum Gasteiger partial charge on any atom is 0.472 e. The summed E-state index contributed by atoms with van der Waals surface area (Å²) in [6.07, 6.45) is 35.3. The Morgan fingerprint density at radius 1 is 0.362 bits per heavy atom. The van der Waals surface area contributed by atoms with Crippen molar-refractivity contribution in [2.75, 3.05) is 39.6 Å². The van der Waals surface area contributed by atoms with Crippen LogP contribution in [0, 0.1) is 11.8 Å². The second-order valence-electron chi connectivity index (χ2n) is 22.8. The summed E-state index contributed by atoms with van der Waals surface area (Å²) in [5.41, 5.74) is 0. The summed E-state index contributed by atoms with van der Waals surface area (Å²) in [4.78, 5) is 71.8. The standard InChI is InChI=1S/C61H118O17P2/c1-7-10-12-14-15-16-17-18-19-20-21-26-33-39-45-60(65)77-57(50-72-59(64)44-38-32-25-23-22-24-31-36-42-54(6)9-3)52-76-80(69,70)74-48-55(62)47-73-79(67,68)75-51-56(49-71-58(63)43-37-29-13-11-8-2)78-61(66)46-40-34-28-27-30-35-41-53(4)5/h53-57,62H,7-52H2,1-6H3,(H,67,68)(H,69,70)/t54?,55-,56+,57+/m0/s1. The predicted molar refractivity (Wildman–Crippen MR) is 317 cm³/mol. The molecule has 3 N–H and O–H groups in total. The van der Waals surface area contributed by atoms with Crippen molar-refractivity contribution in [2.45, 2.75) is 317 Å². The summed E-state index contributed by atoms with van der Waals surface area (Å²) in [6.45, 7) is 9.29. The fraction of sp³-hybridized carbons (Fsp3) is 0.934. The van der Waals surface area contributed by atoms with E-state index < -0.39 is 97.5 Å². The van der Waals surface area contributed by atoms with E-state index in [1.165, 1.54) is 109 Å². The molecule has 0 aliphatic carbocycles. The van der Waals surface area contributed by atoms with Gasteiger partial charge in [-0.05, 0) is 37.5 Å². The van der Waals surface area contributed by atoms with Crippen molar-refractivity contribution in [1.82, 2.24) is 0 Å². The molecule has 17 nitrogen and oxygen atoms in total. The third-order valence-electron chi connectivity index (χ3n) is 14.3. The van der Waals surface area contributed by atoms with Crippen LogP contribution in [0.4, 0.5) is 0 Å². The Kier molecular flexibility index (Phi) is 52.5. The third kappa shape index (κ3) is 54.0. The number of phosphoric acid groups is 2. The number of ether oxygens (including phenoxy) is 4. The normalized spacial score (nSPS) is 14.7. The van der Waals surface area contributed by atoms with Gasteiger partial charge in [-0.25, -0.2) is 9.13 Å². The van der Waals surface area contributed by atoms with Crippen LogP contribution in [0.15, 0.2) is 0 Å². The van der Waals surface area contributed by atoms with Crippen molar-refractivity contribution in [3.63, 3.8) is 0 Å². The van der Waals surface area contributed by atoms with Gasteiger partial charge in [0.25, 0.3) is 0 Å². The van der Waals surface area contributed by atoms with E-state index in [1.54, 1.807) is 0 Å². The van der Waals surface area contributed by atoms with Crippen LogP contribution in [0.25, 0.3) is 0 Å². The van der Waals surface area contributed by atoms with Gasteiger partial charge in [-0.15, -0.1) is 0 Å². The van der Waals surface area contributed by atoms with Crippen molar-refractivity contribution in [3.8, 4) is 0 Å². The van der Waals surface area contributed by atoms with Gasteiger partial charge < -0.3 is 33.8 Å². The molecule has 0 amide bonds. The minimum Gasteiger partial charge on any atom is -0.462 e. The smallest absolute Gasteiger partial charge is 0.462 e. The van der Waals surface area contributed by atoms with Gasteiger partial charge in [-0.3, -0.25) is 37.3 Å². The number of carbonyl (C=O) groups is 4. The van der Waals surface area contributed by atoms with Crippen LogP contribution >= 0.6 is 15.6 Å². The highest BCUT2D eigenvalue weighted by molar-refractivity contribution is 7.47. The fourth-order valence-electron chi connectivity index (χ4n) is 8.97.